The van der Waals surface area contributed by atoms with E-state index in [4.69, 9.17) is 29.4 Å². The second-order valence-corrected chi connectivity index (χ2v) is 15.5. The smallest absolute Gasteiger partial charge is 0.425 e. The lowest BCUT2D eigenvalue weighted by Crippen LogP contribution is -2.62. The van der Waals surface area contributed by atoms with Crippen molar-refractivity contribution in [3.63, 3.8) is 0 Å². The minimum absolute atomic E-state index is 0.0922. The Balaban J connectivity index is 1.35. The summed E-state index contributed by atoms with van der Waals surface area (Å²) in [7, 11) is 3.18. The van der Waals surface area contributed by atoms with Gasteiger partial charge < -0.3 is 39.6 Å². The number of nitrogens with zero attached hydrogens (tertiary/aromatic N) is 5. The number of nitrogen functional groups attached to an aromatic ring is 1. The first-order valence-electron chi connectivity index (χ1n) is 19.6. The van der Waals surface area contributed by atoms with Gasteiger partial charge in [-0.3, -0.25) is 4.57 Å². The Morgan fingerprint density at radius 1 is 0.852 bits per heavy atom. The summed E-state index contributed by atoms with van der Waals surface area (Å²) in [4.78, 5) is 40.1. The third kappa shape index (κ3) is 8.98. The highest BCUT2D eigenvalue weighted by Gasteiger charge is 2.50. The van der Waals surface area contributed by atoms with E-state index in [0.29, 0.717) is 17.1 Å². The van der Waals surface area contributed by atoms with Crippen LogP contribution in [-0.4, -0.2) is 97.5 Å². The summed E-state index contributed by atoms with van der Waals surface area (Å²) in [5, 5.41) is 24.0. The zero-order valence-electron chi connectivity index (χ0n) is 34.4. The first kappa shape index (κ1) is 42.5. The Morgan fingerprint density at radius 3 is 1.98 bits per heavy atom. The number of carbonyl (C=O) groups is 2. The normalized spacial score (nSPS) is 18.4. The number of carboxylic acids is 1. The summed E-state index contributed by atoms with van der Waals surface area (Å²) in [6, 6.07) is 30.8. The number of rotatable bonds is 15. The van der Waals surface area contributed by atoms with Crippen LogP contribution in [0.5, 0.6) is 11.5 Å². The SMILES string of the molecule is COc1ccc(C(OC[C@H]2O[C@@H](n3cnc4c(N)ncnc43)[C@H](O)[C@@H]2NN(C(=O)OC(C)(C)C)[C@@H](Cc2ccccc2)C(=O)O)(c2ccccc2)c2ccc(OC)cc2)cc1. The number of aromatic nitrogens is 4. The van der Waals surface area contributed by atoms with Gasteiger partial charge in [0.25, 0.3) is 0 Å². The van der Waals surface area contributed by atoms with Gasteiger partial charge in [0, 0.05) is 6.42 Å². The van der Waals surface area contributed by atoms with Crippen molar-refractivity contribution in [1.29, 1.82) is 0 Å². The van der Waals surface area contributed by atoms with Crippen molar-refractivity contribution in [2.24, 2.45) is 0 Å². The van der Waals surface area contributed by atoms with Gasteiger partial charge in [-0.05, 0) is 67.3 Å². The highest BCUT2D eigenvalue weighted by molar-refractivity contribution is 5.81. The van der Waals surface area contributed by atoms with E-state index >= 15 is 0 Å². The van der Waals surface area contributed by atoms with Crippen molar-refractivity contribution in [1.82, 2.24) is 30.0 Å². The van der Waals surface area contributed by atoms with Crippen molar-refractivity contribution in [2.75, 3.05) is 26.6 Å². The maximum Gasteiger partial charge on any atom is 0.425 e. The third-order valence-corrected chi connectivity index (χ3v) is 10.4. The van der Waals surface area contributed by atoms with Crippen molar-refractivity contribution >= 4 is 29.0 Å². The highest BCUT2D eigenvalue weighted by atomic mass is 16.6. The molecule has 61 heavy (non-hydrogen) atoms. The number of hydrogen-bond acceptors (Lipinski definition) is 13. The molecule has 0 spiro atoms. The topological polar surface area (TPSA) is 206 Å². The van der Waals surface area contributed by atoms with Crippen LogP contribution in [0, 0.1) is 0 Å². The molecule has 5 atom stereocenters. The number of benzene rings is 4. The van der Waals surface area contributed by atoms with Crippen LogP contribution in [0.15, 0.2) is 122 Å². The lowest BCUT2D eigenvalue weighted by molar-refractivity contribution is -0.145. The van der Waals surface area contributed by atoms with Crippen LogP contribution in [0.1, 0.15) is 49.3 Å². The van der Waals surface area contributed by atoms with E-state index in [1.165, 1.54) is 17.2 Å². The summed E-state index contributed by atoms with van der Waals surface area (Å²) in [5.74, 6) is 0.0867. The molecule has 7 rings (SSSR count). The zero-order valence-corrected chi connectivity index (χ0v) is 34.4. The summed E-state index contributed by atoms with van der Waals surface area (Å²) >= 11 is 0. The minimum Gasteiger partial charge on any atom is -0.497 e. The molecular formula is C45H49N7O9. The number of hydrazine groups is 1. The molecule has 0 aliphatic carbocycles. The molecule has 2 aromatic heterocycles. The Hall–Kier alpha value is -6.59. The number of ether oxygens (including phenoxy) is 5. The standard InChI is InChI=1S/C45H49N7O9/c1-44(2,3)61-43(56)52(34(42(54)55)24-28-12-8-6-9-13-28)50-36-35(60-41(38(36)53)51-27-49-37-39(46)47-26-48-40(37)51)25-59-45(29-14-10-7-11-15-29,30-16-20-32(57-4)21-17-30)31-18-22-33(58-5)23-19-31/h6-23,26-27,34-36,38,41,50,53H,24-25H2,1-5H3,(H,54,55)(H2,46,47,48)/t34-,35+,36+,38+,41+/m0/s1. The first-order valence-corrected chi connectivity index (χ1v) is 19.6. The number of carbonyl (C=O) groups excluding carboxylic acids is 1. The Kier molecular flexibility index (Phi) is 12.5. The molecule has 1 aliphatic heterocycles. The fraction of sp³-hybridized carbons (Fsp3) is 0.311. The largest absolute Gasteiger partial charge is 0.497 e. The predicted molar refractivity (Wildman–Crippen MR) is 224 cm³/mol. The van der Waals surface area contributed by atoms with E-state index in [0.717, 1.165) is 21.7 Å². The molecule has 0 bridgehead atoms. The van der Waals surface area contributed by atoms with E-state index in [9.17, 15) is 19.8 Å². The minimum atomic E-state index is -1.49. The molecule has 16 nitrogen and oxygen atoms in total. The number of hydrogen-bond donors (Lipinski definition) is 4. The number of fused-ring (bicyclic) bond motifs is 1. The fourth-order valence-electron chi connectivity index (χ4n) is 7.48. The van der Waals surface area contributed by atoms with E-state index in [1.807, 2.05) is 84.9 Å². The molecule has 1 saturated heterocycles. The number of nitrogens with one attached hydrogen (secondary N) is 1. The van der Waals surface area contributed by atoms with Gasteiger partial charge in [0.1, 0.15) is 46.8 Å². The van der Waals surface area contributed by atoms with Gasteiger partial charge in [0.2, 0.25) is 0 Å². The van der Waals surface area contributed by atoms with Gasteiger partial charge in [0.15, 0.2) is 23.7 Å². The maximum atomic E-state index is 14.2. The van der Waals surface area contributed by atoms with Gasteiger partial charge >= 0.3 is 12.1 Å². The Morgan fingerprint density at radius 2 is 1.43 bits per heavy atom. The van der Waals surface area contributed by atoms with Gasteiger partial charge in [-0.2, -0.15) is 0 Å². The third-order valence-electron chi connectivity index (χ3n) is 10.4. The van der Waals surface area contributed by atoms with Crippen molar-refractivity contribution in [3.05, 3.63) is 144 Å². The van der Waals surface area contributed by atoms with E-state index in [-0.39, 0.29) is 30.0 Å². The van der Waals surface area contributed by atoms with Crippen LogP contribution in [0.2, 0.25) is 0 Å². The van der Waals surface area contributed by atoms with Gasteiger partial charge in [-0.1, -0.05) is 84.9 Å². The van der Waals surface area contributed by atoms with Gasteiger partial charge in [-0.25, -0.2) is 35.0 Å². The van der Waals surface area contributed by atoms with E-state index < -0.39 is 53.8 Å². The molecule has 6 aromatic rings. The van der Waals surface area contributed by atoms with Gasteiger partial charge in [-0.15, -0.1) is 0 Å². The number of amides is 1. The van der Waals surface area contributed by atoms with Crippen LogP contribution >= 0.6 is 0 Å². The number of aliphatic carboxylic acids is 1. The lowest BCUT2D eigenvalue weighted by atomic mass is 9.80. The van der Waals surface area contributed by atoms with Crippen LogP contribution in [-0.2, 0) is 31.0 Å². The predicted octanol–water partition coefficient (Wildman–Crippen LogP) is 5.50. The first-order chi connectivity index (χ1) is 29.3. The van der Waals surface area contributed by atoms with Crippen LogP contribution in [0.25, 0.3) is 11.2 Å². The van der Waals surface area contributed by atoms with Crippen LogP contribution in [0.4, 0.5) is 10.6 Å². The molecule has 1 aliphatic rings. The van der Waals surface area contributed by atoms with Gasteiger partial charge in [0.05, 0.1) is 33.2 Å². The van der Waals surface area contributed by atoms with Crippen LogP contribution in [0.3, 0.4) is 0 Å². The second-order valence-electron chi connectivity index (χ2n) is 15.5. The van der Waals surface area contributed by atoms with E-state index in [1.54, 1.807) is 59.3 Å². The second kappa shape index (κ2) is 17.9. The molecule has 0 unspecified atom stereocenters. The molecule has 318 valence electrons. The summed E-state index contributed by atoms with van der Waals surface area (Å²) in [6.45, 7) is 4.81. The Bertz CT molecular complexity index is 2360. The molecule has 4 aromatic carbocycles. The molecule has 1 fully saturated rings. The lowest BCUT2D eigenvalue weighted by Gasteiger charge is -2.38. The number of carboxylic acid groups (broad SMARTS) is 1. The average Bonchev–Trinajstić information content (AvgIpc) is 3.83. The van der Waals surface area contributed by atoms with Crippen molar-refractivity contribution in [2.45, 2.75) is 68.9 Å². The van der Waals surface area contributed by atoms with Crippen molar-refractivity contribution in [3.8, 4) is 11.5 Å². The molecule has 5 N–H and O–H groups in total. The number of anilines is 1. The van der Waals surface area contributed by atoms with E-state index in [2.05, 4.69) is 20.4 Å². The maximum absolute atomic E-state index is 14.2. The molecule has 0 radical (unpaired) electrons. The number of aliphatic hydroxyl groups excluding tert-OH is 1. The number of aliphatic hydroxyl groups is 1. The number of methoxy groups -OCH3 is 2. The molecule has 3 heterocycles. The van der Waals surface area contributed by atoms with Crippen molar-refractivity contribution < 1.29 is 43.5 Å². The number of nitrogens with two attached hydrogens (primary N) is 1. The summed E-state index contributed by atoms with van der Waals surface area (Å²) in [6.07, 6.45) is -2.10. The highest BCUT2D eigenvalue weighted by Crippen LogP contribution is 2.43. The summed E-state index contributed by atoms with van der Waals surface area (Å²) in [5.41, 5.74) is 10.4. The Labute approximate surface area is 352 Å². The zero-order chi connectivity index (χ0) is 43.3. The van der Waals surface area contributed by atoms with Crippen LogP contribution < -0.4 is 20.6 Å². The fourth-order valence-corrected chi connectivity index (χ4v) is 7.48. The quantitative estimate of drug-likeness (QED) is 0.0746. The molecular weight excluding hydrogens is 783 g/mol. The molecule has 16 heteroatoms. The molecule has 1 amide bonds. The number of imidazole rings is 1. The summed E-state index contributed by atoms with van der Waals surface area (Å²) < 4.78 is 32.3. The molecule has 0 saturated carbocycles. The monoisotopic (exact) mass is 831 g/mol. The average molecular weight is 832 g/mol.